The van der Waals surface area contributed by atoms with Crippen LogP contribution in [0.15, 0.2) is 84.9 Å². The highest BCUT2D eigenvalue weighted by Crippen LogP contribution is 2.22. The second-order valence-electron chi connectivity index (χ2n) is 11.8. The molecule has 0 amide bonds. The van der Waals surface area contributed by atoms with Crippen molar-refractivity contribution in [2.24, 2.45) is 0 Å². The molecule has 4 N–H and O–H groups in total. The van der Waals surface area contributed by atoms with Crippen LogP contribution in [0.25, 0.3) is 0 Å². The highest BCUT2D eigenvalue weighted by molar-refractivity contribution is 5.47. The van der Waals surface area contributed by atoms with E-state index in [0.717, 1.165) is 56.3 Å². The van der Waals surface area contributed by atoms with Crippen LogP contribution in [0.2, 0.25) is 0 Å². The molecule has 2 heteroatoms. The minimum absolute atomic E-state index is 0.874. The molecule has 216 valence electrons. The van der Waals surface area contributed by atoms with Gasteiger partial charge >= 0.3 is 0 Å². The molecule has 0 aliphatic rings. The van der Waals surface area contributed by atoms with Crippen LogP contribution in [0.5, 0.6) is 0 Å². The summed E-state index contributed by atoms with van der Waals surface area (Å²) < 4.78 is 0. The van der Waals surface area contributed by atoms with E-state index >= 15 is 0 Å². The highest BCUT2D eigenvalue weighted by atomic mass is 14.5. The number of nitrogens with two attached hydrogens (primary N) is 2. The molecule has 0 bridgehead atoms. The van der Waals surface area contributed by atoms with Crippen LogP contribution >= 0.6 is 0 Å². The van der Waals surface area contributed by atoms with Crippen molar-refractivity contribution in [1.29, 1.82) is 0 Å². The van der Waals surface area contributed by atoms with Crippen molar-refractivity contribution >= 4 is 11.4 Å². The summed E-state index contributed by atoms with van der Waals surface area (Å²) in [5.74, 6) is 0. The lowest BCUT2D eigenvalue weighted by atomic mass is 9.94. The van der Waals surface area contributed by atoms with Crippen molar-refractivity contribution in [3.8, 4) is 0 Å². The number of hydrogen-bond acceptors (Lipinski definition) is 2. The van der Waals surface area contributed by atoms with Crippen molar-refractivity contribution in [3.63, 3.8) is 0 Å². The minimum atomic E-state index is 0.874. The largest absolute Gasteiger partial charge is 0.399 e. The lowest BCUT2D eigenvalue weighted by Crippen LogP contribution is -1.99. The topological polar surface area (TPSA) is 52.0 Å². The molecule has 4 aromatic carbocycles. The summed E-state index contributed by atoms with van der Waals surface area (Å²) in [6.45, 7) is 4.51. The summed E-state index contributed by atoms with van der Waals surface area (Å²) in [4.78, 5) is 0. The quantitative estimate of drug-likeness (QED) is 0.109. The summed E-state index contributed by atoms with van der Waals surface area (Å²) >= 11 is 0. The molecular formula is C39H50N2. The molecule has 0 atom stereocenters. The van der Waals surface area contributed by atoms with Crippen LogP contribution in [0.4, 0.5) is 11.4 Å². The third kappa shape index (κ3) is 9.81. The fourth-order valence-electron chi connectivity index (χ4n) is 5.82. The number of unbranched alkanes of at least 4 members (excludes halogenated alkanes) is 4. The predicted molar refractivity (Wildman–Crippen MR) is 179 cm³/mol. The monoisotopic (exact) mass is 546 g/mol. The normalized spacial score (nSPS) is 11.2. The number of anilines is 2. The molecule has 0 saturated carbocycles. The second-order valence-corrected chi connectivity index (χ2v) is 11.8. The Hall–Kier alpha value is -3.52. The zero-order chi connectivity index (χ0) is 28.9. The molecule has 0 heterocycles. The standard InChI is InChI=1S/C39H50N2/c1-3-5-7-12-34-28-38(40)24-22-36(34)26-32-18-14-30(15-19-32)10-9-11-31-16-20-33(21-17-31)27-37-23-25-39(41)29-35(37)13-8-6-4-2/h14-25,28-29H,3-13,26-27,40-41H2,1-2H3. The first-order valence-electron chi connectivity index (χ1n) is 15.9. The van der Waals surface area contributed by atoms with E-state index < -0.39 is 0 Å². The Balaban J connectivity index is 1.26. The van der Waals surface area contributed by atoms with E-state index in [1.54, 1.807) is 0 Å². The summed E-state index contributed by atoms with van der Waals surface area (Å²) in [5.41, 5.74) is 25.2. The number of hydrogen-bond donors (Lipinski definition) is 2. The fourth-order valence-corrected chi connectivity index (χ4v) is 5.82. The smallest absolute Gasteiger partial charge is 0.0316 e. The number of rotatable bonds is 16. The molecule has 0 fully saturated rings. The van der Waals surface area contributed by atoms with Crippen molar-refractivity contribution in [1.82, 2.24) is 0 Å². The predicted octanol–water partition coefficient (Wildman–Crippen LogP) is 9.67. The Labute approximate surface area is 249 Å². The van der Waals surface area contributed by atoms with Crippen LogP contribution < -0.4 is 11.5 Å². The van der Waals surface area contributed by atoms with E-state index in [0.29, 0.717) is 0 Å². The van der Waals surface area contributed by atoms with Crippen molar-refractivity contribution in [2.45, 2.75) is 97.3 Å². The molecule has 0 spiro atoms. The molecule has 0 unspecified atom stereocenters. The molecule has 2 nitrogen and oxygen atoms in total. The highest BCUT2D eigenvalue weighted by Gasteiger charge is 2.07. The van der Waals surface area contributed by atoms with Gasteiger partial charge in [0.1, 0.15) is 0 Å². The first kappa shape index (κ1) is 30.4. The summed E-state index contributed by atoms with van der Waals surface area (Å²) in [7, 11) is 0. The van der Waals surface area contributed by atoms with E-state index in [1.165, 1.54) is 83.0 Å². The van der Waals surface area contributed by atoms with Crippen molar-refractivity contribution in [3.05, 3.63) is 129 Å². The zero-order valence-electron chi connectivity index (χ0n) is 25.4. The lowest BCUT2D eigenvalue weighted by Gasteiger charge is -2.12. The molecule has 4 aromatic rings. The van der Waals surface area contributed by atoms with E-state index in [9.17, 15) is 0 Å². The van der Waals surface area contributed by atoms with Gasteiger partial charge in [0.15, 0.2) is 0 Å². The summed E-state index contributed by atoms with van der Waals surface area (Å²) in [6.07, 6.45) is 15.1. The maximum atomic E-state index is 6.10. The fraction of sp³-hybridized carbons (Fsp3) is 0.385. The van der Waals surface area contributed by atoms with Gasteiger partial charge in [-0.1, -0.05) is 100 Å². The maximum absolute atomic E-state index is 6.10. The molecule has 0 aromatic heterocycles. The molecular weight excluding hydrogens is 496 g/mol. The number of nitrogen functional groups attached to an aromatic ring is 2. The maximum Gasteiger partial charge on any atom is 0.0316 e. The van der Waals surface area contributed by atoms with Gasteiger partial charge in [-0.15, -0.1) is 0 Å². The second kappa shape index (κ2) is 16.1. The Bertz CT molecular complexity index is 1230. The Kier molecular flexibility index (Phi) is 11.9. The molecule has 0 aliphatic heterocycles. The average molecular weight is 547 g/mol. The van der Waals surface area contributed by atoms with Gasteiger partial charge in [0.2, 0.25) is 0 Å². The lowest BCUT2D eigenvalue weighted by molar-refractivity contribution is 0.714. The van der Waals surface area contributed by atoms with E-state index in [4.69, 9.17) is 11.5 Å². The number of benzene rings is 4. The van der Waals surface area contributed by atoms with E-state index in [2.05, 4.69) is 86.6 Å². The third-order valence-corrected chi connectivity index (χ3v) is 8.33. The SMILES string of the molecule is CCCCCc1cc(N)ccc1Cc1ccc(CCCc2ccc(Cc3ccc(N)cc3CCCCC)cc2)cc1. The van der Waals surface area contributed by atoms with Crippen LogP contribution in [0, 0.1) is 0 Å². The van der Waals surface area contributed by atoms with Crippen LogP contribution in [0.1, 0.15) is 103 Å². The van der Waals surface area contributed by atoms with Gasteiger partial charge in [-0.05, 0) is 127 Å². The molecule has 41 heavy (non-hydrogen) atoms. The Morgan fingerprint density at radius 1 is 0.390 bits per heavy atom. The summed E-state index contributed by atoms with van der Waals surface area (Å²) in [5, 5.41) is 0. The average Bonchev–Trinajstić information content (AvgIpc) is 2.98. The molecule has 0 radical (unpaired) electrons. The van der Waals surface area contributed by atoms with Crippen LogP contribution in [0.3, 0.4) is 0 Å². The molecule has 0 aliphatic carbocycles. The van der Waals surface area contributed by atoms with Gasteiger partial charge in [-0.2, -0.15) is 0 Å². The van der Waals surface area contributed by atoms with Crippen molar-refractivity contribution < 1.29 is 0 Å². The zero-order valence-corrected chi connectivity index (χ0v) is 25.4. The van der Waals surface area contributed by atoms with Crippen LogP contribution in [-0.4, -0.2) is 0 Å². The minimum Gasteiger partial charge on any atom is -0.399 e. The van der Waals surface area contributed by atoms with E-state index in [1.807, 2.05) is 12.1 Å². The Morgan fingerprint density at radius 3 is 1.17 bits per heavy atom. The third-order valence-electron chi connectivity index (χ3n) is 8.33. The van der Waals surface area contributed by atoms with Gasteiger partial charge in [0, 0.05) is 11.4 Å². The van der Waals surface area contributed by atoms with Gasteiger partial charge < -0.3 is 11.5 Å². The first-order chi connectivity index (χ1) is 20.0. The van der Waals surface area contributed by atoms with Gasteiger partial charge in [0.25, 0.3) is 0 Å². The number of aryl methyl sites for hydroxylation is 4. The van der Waals surface area contributed by atoms with Gasteiger partial charge in [-0.25, -0.2) is 0 Å². The van der Waals surface area contributed by atoms with Crippen molar-refractivity contribution in [2.75, 3.05) is 11.5 Å². The summed E-state index contributed by atoms with van der Waals surface area (Å²) in [6, 6.07) is 31.4. The molecule has 4 rings (SSSR count). The van der Waals surface area contributed by atoms with Gasteiger partial charge in [0.05, 0.1) is 0 Å². The van der Waals surface area contributed by atoms with Gasteiger partial charge in [-0.3, -0.25) is 0 Å². The Morgan fingerprint density at radius 2 is 0.780 bits per heavy atom. The van der Waals surface area contributed by atoms with Crippen LogP contribution in [-0.2, 0) is 38.5 Å². The van der Waals surface area contributed by atoms with E-state index in [-0.39, 0.29) is 0 Å². The first-order valence-corrected chi connectivity index (χ1v) is 15.9. The molecule has 0 saturated heterocycles.